The Morgan fingerprint density at radius 3 is 2.11 bits per heavy atom. The average Bonchev–Trinajstić information content (AvgIpc) is 2.23. The van der Waals surface area contributed by atoms with Crippen molar-refractivity contribution in [1.29, 1.82) is 0 Å². The van der Waals surface area contributed by atoms with Gasteiger partial charge in [-0.2, -0.15) is 17.6 Å². The molecule has 0 spiro atoms. The molecule has 0 rings (SSSR count). The number of carboxylic acids is 1. The van der Waals surface area contributed by atoms with Crippen molar-refractivity contribution in [3.05, 3.63) is 12.2 Å². The Labute approximate surface area is 100 Å². The van der Waals surface area contributed by atoms with Crippen molar-refractivity contribution in [2.45, 2.75) is 25.7 Å². The number of carbonyl (C=O) groups is 2. The van der Waals surface area contributed by atoms with Gasteiger partial charge in [0, 0.05) is 18.1 Å². The molecule has 0 saturated heterocycles. The van der Waals surface area contributed by atoms with Crippen molar-refractivity contribution in [3.8, 4) is 0 Å². The number of halogens is 4. The summed E-state index contributed by atoms with van der Waals surface area (Å²) in [6, 6.07) is 0. The average molecular weight is 272 g/mol. The van der Waals surface area contributed by atoms with Crippen LogP contribution in [0.15, 0.2) is 12.2 Å². The van der Waals surface area contributed by atoms with E-state index in [-0.39, 0.29) is 0 Å². The molecule has 4 nitrogen and oxygen atoms in total. The molecule has 0 aliphatic rings. The fourth-order valence-corrected chi connectivity index (χ4v) is 0.868. The van der Waals surface area contributed by atoms with Crippen LogP contribution >= 0.6 is 0 Å². The number of ether oxygens (including phenoxy) is 1. The van der Waals surface area contributed by atoms with Crippen molar-refractivity contribution >= 4 is 11.9 Å². The molecule has 0 aliphatic carbocycles. The van der Waals surface area contributed by atoms with Gasteiger partial charge in [-0.1, -0.05) is 13.8 Å². The van der Waals surface area contributed by atoms with Crippen LogP contribution in [0.4, 0.5) is 17.6 Å². The molecule has 0 aliphatic heterocycles. The van der Waals surface area contributed by atoms with Crippen molar-refractivity contribution in [3.63, 3.8) is 0 Å². The van der Waals surface area contributed by atoms with E-state index in [9.17, 15) is 27.2 Å². The Morgan fingerprint density at radius 1 is 1.22 bits per heavy atom. The Hall–Kier alpha value is -1.60. The Kier molecular flexibility index (Phi) is 5.31. The van der Waals surface area contributed by atoms with Gasteiger partial charge in [0.2, 0.25) is 0 Å². The minimum Gasteiger partial charge on any atom is -0.478 e. The summed E-state index contributed by atoms with van der Waals surface area (Å²) >= 11 is 0. The molecule has 1 N–H and O–H groups in total. The summed E-state index contributed by atoms with van der Waals surface area (Å²) in [6.07, 6.45) is 0.701. The quantitative estimate of drug-likeness (QED) is 0.457. The van der Waals surface area contributed by atoms with Crippen LogP contribution < -0.4 is 0 Å². The highest BCUT2D eigenvalue weighted by Gasteiger charge is 2.58. The normalized spacial score (nSPS) is 13.1. The van der Waals surface area contributed by atoms with E-state index in [1.165, 1.54) is 0 Å². The highest BCUT2D eigenvalue weighted by Crippen LogP contribution is 2.40. The van der Waals surface area contributed by atoms with Crippen LogP contribution in [0.2, 0.25) is 0 Å². The molecule has 18 heavy (non-hydrogen) atoms. The van der Waals surface area contributed by atoms with Gasteiger partial charge in [-0.3, -0.25) is 0 Å². The molecule has 0 saturated carbocycles. The van der Waals surface area contributed by atoms with E-state index < -0.39 is 36.3 Å². The third-order valence-electron chi connectivity index (χ3n) is 1.97. The standard InChI is InChI=1S/C10H12F4O4/c1-6(2)10(13,14)9(11,12)5-18-8(17)4-3-7(15)16/h3-4,6H,5H2,1-2H3,(H,15,16). The molecular formula is C10H12F4O4. The maximum absolute atomic E-state index is 13.0. The van der Waals surface area contributed by atoms with E-state index in [0.717, 1.165) is 13.8 Å². The van der Waals surface area contributed by atoms with Crippen LogP contribution in [-0.4, -0.2) is 35.5 Å². The van der Waals surface area contributed by atoms with Crippen molar-refractivity contribution in [1.82, 2.24) is 0 Å². The largest absolute Gasteiger partial charge is 0.478 e. The van der Waals surface area contributed by atoms with E-state index in [1.807, 2.05) is 0 Å². The number of hydrogen-bond donors (Lipinski definition) is 1. The molecule has 0 heterocycles. The summed E-state index contributed by atoms with van der Waals surface area (Å²) in [6.45, 7) is -0.0128. The summed E-state index contributed by atoms with van der Waals surface area (Å²) in [7, 11) is 0. The second kappa shape index (κ2) is 5.83. The fraction of sp³-hybridized carbons (Fsp3) is 0.600. The fourth-order valence-electron chi connectivity index (χ4n) is 0.868. The van der Waals surface area contributed by atoms with Crippen molar-refractivity contribution in [2.75, 3.05) is 6.61 Å². The van der Waals surface area contributed by atoms with E-state index in [2.05, 4.69) is 4.74 Å². The first kappa shape index (κ1) is 16.4. The lowest BCUT2D eigenvalue weighted by Gasteiger charge is -2.28. The first-order valence-electron chi connectivity index (χ1n) is 4.84. The summed E-state index contributed by atoms with van der Waals surface area (Å²) in [5, 5.41) is 8.13. The molecule has 104 valence electrons. The van der Waals surface area contributed by atoms with Crippen LogP contribution in [0.1, 0.15) is 13.8 Å². The molecule has 0 unspecified atom stereocenters. The maximum atomic E-state index is 13.0. The van der Waals surface area contributed by atoms with Gasteiger partial charge in [-0.15, -0.1) is 0 Å². The zero-order valence-electron chi connectivity index (χ0n) is 9.62. The second-order valence-electron chi connectivity index (χ2n) is 3.76. The topological polar surface area (TPSA) is 63.6 Å². The minimum atomic E-state index is -4.52. The van der Waals surface area contributed by atoms with E-state index in [0.29, 0.717) is 12.2 Å². The maximum Gasteiger partial charge on any atom is 0.343 e. The third-order valence-corrected chi connectivity index (χ3v) is 1.97. The number of alkyl halides is 4. The van der Waals surface area contributed by atoms with Crippen LogP contribution in [0.5, 0.6) is 0 Å². The van der Waals surface area contributed by atoms with Crippen molar-refractivity contribution in [2.24, 2.45) is 5.92 Å². The van der Waals surface area contributed by atoms with E-state index in [1.54, 1.807) is 0 Å². The zero-order valence-corrected chi connectivity index (χ0v) is 9.62. The second-order valence-corrected chi connectivity index (χ2v) is 3.76. The number of rotatable bonds is 6. The molecular weight excluding hydrogens is 260 g/mol. The van der Waals surface area contributed by atoms with E-state index >= 15 is 0 Å². The minimum absolute atomic E-state index is 0.348. The van der Waals surface area contributed by atoms with Crippen LogP contribution in [0.25, 0.3) is 0 Å². The lowest BCUT2D eigenvalue weighted by molar-refractivity contribution is -0.248. The Morgan fingerprint density at radius 2 is 1.72 bits per heavy atom. The van der Waals surface area contributed by atoms with Gasteiger partial charge in [-0.05, 0) is 0 Å². The molecule has 0 atom stereocenters. The number of aliphatic carboxylic acids is 1. The highest BCUT2D eigenvalue weighted by atomic mass is 19.3. The summed E-state index contributed by atoms with van der Waals surface area (Å²) in [4.78, 5) is 20.7. The SMILES string of the molecule is CC(C)C(F)(F)C(F)(F)COC(=O)C=CC(=O)O. The number of carbonyl (C=O) groups excluding carboxylic acids is 1. The Bertz CT molecular complexity index is 350. The molecule has 0 bridgehead atoms. The zero-order chi connectivity index (χ0) is 14.6. The third kappa shape index (κ3) is 4.34. The number of carboxylic acid groups (broad SMARTS) is 1. The lowest BCUT2D eigenvalue weighted by atomic mass is 10.0. The molecule has 0 aromatic heterocycles. The molecule has 0 amide bonds. The summed E-state index contributed by atoms with van der Waals surface area (Å²) in [5.41, 5.74) is 0. The smallest absolute Gasteiger partial charge is 0.343 e. The molecule has 0 aromatic rings. The van der Waals surface area contributed by atoms with Gasteiger partial charge in [0.25, 0.3) is 0 Å². The number of esters is 1. The number of hydrogen-bond acceptors (Lipinski definition) is 3. The van der Waals surface area contributed by atoms with Crippen LogP contribution in [-0.2, 0) is 14.3 Å². The first-order valence-corrected chi connectivity index (χ1v) is 4.84. The van der Waals surface area contributed by atoms with Gasteiger partial charge < -0.3 is 9.84 Å². The highest BCUT2D eigenvalue weighted by molar-refractivity contribution is 5.90. The monoisotopic (exact) mass is 272 g/mol. The van der Waals surface area contributed by atoms with Gasteiger partial charge in [0.1, 0.15) is 0 Å². The van der Waals surface area contributed by atoms with Crippen LogP contribution in [0.3, 0.4) is 0 Å². The van der Waals surface area contributed by atoms with Crippen molar-refractivity contribution < 1.29 is 37.0 Å². The Balaban J connectivity index is 4.53. The van der Waals surface area contributed by atoms with Gasteiger partial charge in [0.05, 0.1) is 0 Å². The predicted octanol–water partition coefficient (Wildman–Crippen LogP) is 2.10. The molecule has 0 aromatic carbocycles. The lowest BCUT2D eigenvalue weighted by Crippen LogP contribution is -2.48. The van der Waals surface area contributed by atoms with Gasteiger partial charge >= 0.3 is 23.8 Å². The van der Waals surface area contributed by atoms with Gasteiger partial charge in [0.15, 0.2) is 6.61 Å². The van der Waals surface area contributed by atoms with Gasteiger partial charge in [-0.25, -0.2) is 9.59 Å². The molecule has 0 radical (unpaired) electrons. The summed E-state index contributed by atoms with van der Waals surface area (Å²) < 4.78 is 56.0. The van der Waals surface area contributed by atoms with Crippen LogP contribution in [0, 0.1) is 5.92 Å². The molecule has 8 heteroatoms. The summed E-state index contributed by atoms with van der Waals surface area (Å²) in [5.74, 6) is -13.4. The first-order chi connectivity index (χ1) is 8.00. The van der Waals surface area contributed by atoms with E-state index in [4.69, 9.17) is 5.11 Å². The predicted molar refractivity (Wildman–Crippen MR) is 52.5 cm³/mol. The molecule has 0 fully saturated rings.